The Balaban J connectivity index is 2.13. The van der Waals surface area contributed by atoms with E-state index in [-0.39, 0.29) is 11.5 Å². The molecule has 0 bridgehead atoms. The van der Waals surface area contributed by atoms with E-state index in [0.29, 0.717) is 24.4 Å². The molecule has 0 amide bonds. The standard InChI is InChI=1S/C12H14N2O3S/c1-17-5-4-13-12-14-10(7-18-12)9-3-2-8(15)6-11(9)16/h2-3,6-7,15-16H,4-5H2,1H3,(H,13,14). The number of benzene rings is 1. The average molecular weight is 266 g/mol. The van der Waals surface area contributed by atoms with E-state index < -0.39 is 0 Å². The van der Waals surface area contributed by atoms with Gasteiger partial charge in [-0.15, -0.1) is 11.3 Å². The van der Waals surface area contributed by atoms with Gasteiger partial charge in [-0.1, -0.05) is 0 Å². The molecule has 0 fully saturated rings. The summed E-state index contributed by atoms with van der Waals surface area (Å²) in [5.41, 5.74) is 1.28. The highest BCUT2D eigenvalue weighted by Crippen LogP contribution is 2.33. The van der Waals surface area contributed by atoms with E-state index in [4.69, 9.17) is 4.74 Å². The van der Waals surface area contributed by atoms with Gasteiger partial charge in [0.2, 0.25) is 0 Å². The van der Waals surface area contributed by atoms with Crippen LogP contribution in [0.1, 0.15) is 0 Å². The summed E-state index contributed by atoms with van der Waals surface area (Å²) < 4.78 is 4.93. The van der Waals surface area contributed by atoms with Gasteiger partial charge in [0.25, 0.3) is 0 Å². The number of methoxy groups -OCH3 is 1. The molecule has 2 aromatic rings. The second-order valence-corrected chi connectivity index (χ2v) is 4.52. The van der Waals surface area contributed by atoms with Crippen LogP contribution in [0.25, 0.3) is 11.3 Å². The molecule has 0 atom stereocenters. The maximum Gasteiger partial charge on any atom is 0.183 e. The molecule has 0 aliphatic heterocycles. The molecule has 1 aromatic carbocycles. The smallest absolute Gasteiger partial charge is 0.183 e. The number of nitrogens with one attached hydrogen (secondary N) is 1. The average Bonchev–Trinajstić information content (AvgIpc) is 2.78. The number of hydrogen-bond donors (Lipinski definition) is 3. The van der Waals surface area contributed by atoms with Crippen molar-refractivity contribution in [2.75, 3.05) is 25.6 Å². The number of aromatic nitrogens is 1. The van der Waals surface area contributed by atoms with Gasteiger partial charge in [0, 0.05) is 30.7 Å². The lowest BCUT2D eigenvalue weighted by molar-refractivity contribution is 0.211. The van der Waals surface area contributed by atoms with Gasteiger partial charge in [-0.05, 0) is 12.1 Å². The fourth-order valence-electron chi connectivity index (χ4n) is 1.48. The molecule has 0 spiro atoms. The van der Waals surface area contributed by atoms with Gasteiger partial charge < -0.3 is 20.3 Å². The molecule has 0 aliphatic carbocycles. The number of anilines is 1. The molecule has 0 saturated carbocycles. The summed E-state index contributed by atoms with van der Waals surface area (Å²) >= 11 is 1.46. The summed E-state index contributed by atoms with van der Waals surface area (Å²) in [6.07, 6.45) is 0. The molecule has 3 N–H and O–H groups in total. The minimum Gasteiger partial charge on any atom is -0.508 e. The lowest BCUT2D eigenvalue weighted by atomic mass is 10.1. The van der Waals surface area contributed by atoms with E-state index in [9.17, 15) is 10.2 Å². The summed E-state index contributed by atoms with van der Waals surface area (Å²) in [5.74, 6) is 0.0497. The SMILES string of the molecule is COCCNc1nc(-c2ccc(O)cc2O)cs1. The van der Waals surface area contributed by atoms with Crippen molar-refractivity contribution < 1.29 is 14.9 Å². The van der Waals surface area contributed by atoms with Crippen LogP contribution < -0.4 is 5.32 Å². The predicted octanol–water partition coefficient (Wildman–Crippen LogP) is 2.28. The number of aromatic hydroxyl groups is 2. The molecule has 5 nitrogen and oxygen atoms in total. The first-order valence-electron chi connectivity index (χ1n) is 5.41. The number of ether oxygens (including phenoxy) is 1. The van der Waals surface area contributed by atoms with Gasteiger partial charge >= 0.3 is 0 Å². The maximum atomic E-state index is 9.73. The summed E-state index contributed by atoms with van der Waals surface area (Å²) in [7, 11) is 1.64. The van der Waals surface area contributed by atoms with Crippen LogP contribution in [0.15, 0.2) is 23.6 Å². The van der Waals surface area contributed by atoms with Gasteiger partial charge in [-0.25, -0.2) is 4.98 Å². The van der Waals surface area contributed by atoms with Crippen molar-refractivity contribution in [2.24, 2.45) is 0 Å². The Hall–Kier alpha value is -1.79. The van der Waals surface area contributed by atoms with Crippen molar-refractivity contribution in [2.45, 2.75) is 0 Å². The van der Waals surface area contributed by atoms with E-state index in [1.807, 2.05) is 5.38 Å². The van der Waals surface area contributed by atoms with Crippen LogP contribution in [0.3, 0.4) is 0 Å². The highest BCUT2D eigenvalue weighted by atomic mass is 32.1. The Bertz CT molecular complexity index is 528. The van der Waals surface area contributed by atoms with Crippen LogP contribution >= 0.6 is 11.3 Å². The largest absolute Gasteiger partial charge is 0.508 e. The molecule has 0 aliphatic rings. The van der Waals surface area contributed by atoms with Gasteiger partial charge in [0.15, 0.2) is 5.13 Å². The third-order valence-electron chi connectivity index (χ3n) is 2.34. The molecule has 1 heterocycles. The topological polar surface area (TPSA) is 74.6 Å². The third-order valence-corrected chi connectivity index (χ3v) is 3.14. The summed E-state index contributed by atoms with van der Waals surface area (Å²) in [6.45, 7) is 1.30. The molecular formula is C12H14N2O3S. The lowest BCUT2D eigenvalue weighted by Crippen LogP contribution is -2.06. The summed E-state index contributed by atoms with van der Waals surface area (Å²) in [5, 5.41) is 24.7. The van der Waals surface area contributed by atoms with Crippen LogP contribution in [-0.4, -0.2) is 35.5 Å². The maximum absolute atomic E-state index is 9.73. The fourth-order valence-corrected chi connectivity index (χ4v) is 2.21. The molecular weight excluding hydrogens is 252 g/mol. The summed E-state index contributed by atoms with van der Waals surface area (Å²) in [6, 6.07) is 4.46. The van der Waals surface area contributed by atoms with E-state index in [0.717, 1.165) is 5.13 Å². The number of hydrogen-bond acceptors (Lipinski definition) is 6. The molecule has 2 rings (SSSR count). The Morgan fingerprint density at radius 1 is 1.39 bits per heavy atom. The molecule has 96 valence electrons. The molecule has 1 aromatic heterocycles. The molecule has 0 saturated heterocycles. The van der Waals surface area contributed by atoms with E-state index in [1.54, 1.807) is 13.2 Å². The first-order chi connectivity index (χ1) is 8.70. The number of phenolic OH excluding ortho intramolecular Hbond substituents is 2. The normalized spacial score (nSPS) is 10.5. The minimum atomic E-state index is 0.0174. The van der Waals surface area contributed by atoms with Crippen molar-refractivity contribution in [3.05, 3.63) is 23.6 Å². The zero-order chi connectivity index (χ0) is 13.0. The Labute approximate surface area is 109 Å². The van der Waals surface area contributed by atoms with Crippen LogP contribution in [0.2, 0.25) is 0 Å². The lowest BCUT2D eigenvalue weighted by Gasteiger charge is -2.02. The van der Waals surface area contributed by atoms with Gasteiger partial charge in [-0.3, -0.25) is 0 Å². The monoisotopic (exact) mass is 266 g/mol. The molecule has 18 heavy (non-hydrogen) atoms. The van der Waals surface area contributed by atoms with E-state index in [1.165, 1.54) is 23.5 Å². The quantitative estimate of drug-likeness (QED) is 0.724. The number of nitrogens with zero attached hydrogens (tertiary/aromatic N) is 1. The van der Waals surface area contributed by atoms with Crippen molar-refractivity contribution >= 4 is 16.5 Å². The molecule has 6 heteroatoms. The number of phenols is 2. The first-order valence-corrected chi connectivity index (χ1v) is 6.29. The van der Waals surface area contributed by atoms with E-state index >= 15 is 0 Å². The second-order valence-electron chi connectivity index (χ2n) is 3.66. The predicted molar refractivity (Wildman–Crippen MR) is 71.2 cm³/mol. The fraction of sp³-hybridized carbons (Fsp3) is 0.250. The Morgan fingerprint density at radius 3 is 2.94 bits per heavy atom. The second kappa shape index (κ2) is 5.70. The zero-order valence-electron chi connectivity index (χ0n) is 9.88. The van der Waals surface area contributed by atoms with Crippen molar-refractivity contribution in [1.29, 1.82) is 0 Å². The highest BCUT2D eigenvalue weighted by molar-refractivity contribution is 7.14. The van der Waals surface area contributed by atoms with Crippen molar-refractivity contribution in [3.8, 4) is 22.8 Å². The van der Waals surface area contributed by atoms with Gasteiger partial charge in [0.05, 0.1) is 12.3 Å². The Kier molecular flexibility index (Phi) is 4.01. The highest BCUT2D eigenvalue weighted by Gasteiger charge is 2.09. The van der Waals surface area contributed by atoms with Crippen LogP contribution in [0.5, 0.6) is 11.5 Å². The van der Waals surface area contributed by atoms with Crippen LogP contribution in [-0.2, 0) is 4.74 Å². The Morgan fingerprint density at radius 2 is 2.22 bits per heavy atom. The van der Waals surface area contributed by atoms with Crippen molar-refractivity contribution in [3.63, 3.8) is 0 Å². The minimum absolute atomic E-state index is 0.0174. The molecule has 0 unspecified atom stereocenters. The van der Waals surface area contributed by atoms with Gasteiger partial charge in [-0.2, -0.15) is 0 Å². The van der Waals surface area contributed by atoms with Crippen molar-refractivity contribution in [1.82, 2.24) is 4.98 Å². The summed E-state index contributed by atoms with van der Waals surface area (Å²) in [4.78, 5) is 4.35. The van der Waals surface area contributed by atoms with Crippen LogP contribution in [0.4, 0.5) is 5.13 Å². The number of thiazole rings is 1. The van der Waals surface area contributed by atoms with E-state index in [2.05, 4.69) is 10.3 Å². The zero-order valence-corrected chi connectivity index (χ0v) is 10.7. The third kappa shape index (κ3) is 2.91. The number of rotatable bonds is 5. The first kappa shape index (κ1) is 12.7. The van der Waals surface area contributed by atoms with Crippen LogP contribution in [0, 0.1) is 0 Å². The van der Waals surface area contributed by atoms with Gasteiger partial charge in [0.1, 0.15) is 11.5 Å². The molecule has 0 radical (unpaired) electrons.